The number of aryl methyl sites for hydroxylation is 5. The van der Waals surface area contributed by atoms with Gasteiger partial charge in [-0.15, -0.1) is 0 Å². The summed E-state index contributed by atoms with van der Waals surface area (Å²) in [6, 6.07) is 74.0. The average molecular weight is 1320 g/mol. The van der Waals surface area contributed by atoms with Crippen LogP contribution in [0.15, 0.2) is 266 Å². The molecule has 0 saturated heterocycles. The van der Waals surface area contributed by atoms with E-state index in [9.17, 15) is 35.9 Å². The van der Waals surface area contributed by atoms with Crippen LogP contribution in [0.25, 0.3) is 0 Å². The van der Waals surface area contributed by atoms with Gasteiger partial charge in [-0.3, -0.25) is 0 Å². The number of allylic oxidation sites excluding steroid dienone is 2. The Morgan fingerprint density at radius 2 is 0.588 bits per heavy atom. The van der Waals surface area contributed by atoms with Gasteiger partial charge in [0.05, 0.1) is 6.10 Å². The molecule has 13 heteroatoms. The first-order valence-electron chi connectivity index (χ1n) is 32.3. The van der Waals surface area contributed by atoms with Crippen molar-refractivity contribution >= 4 is 11.9 Å². The predicted molar refractivity (Wildman–Crippen MR) is 373 cm³/mol. The number of benzene rings is 10. The van der Waals surface area contributed by atoms with Crippen molar-refractivity contribution in [1.82, 2.24) is 0 Å². The van der Waals surface area contributed by atoms with Crippen LogP contribution in [0, 0.1) is 40.5 Å². The summed E-state index contributed by atoms with van der Waals surface area (Å²) in [4.78, 5) is 20.5. The summed E-state index contributed by atoms with van der Waals surface area (Å²) in [5, 5.41) is 0. The molecular formula is C84H80F6O7. The molecule has 2 saturated carbocycles. The molecule has 10 aromatic carbocycles. The second kappa shape index (κ2) is 35.4. The summed E-state index contributed by atoms with van der Waals surface area (Å²) in [6.45, 7) is 12.2. The summed E-state index contributed by atoms with van der Waals surface area (Å²) in [6.07, 6.45) is -2.38. The van der Waals surface area contributed by atoms with Crippen LogP contribution in [0.1, 0.15) is 108 Å². The lowest BCUT2D eigenvalue weighted by Crippen LogP contribution is -2.54. The first-order chi connectivity index (χ1) is 46.6. The zero-order valence-corrected chi connectivity index (χ0v) is 55.4. The molecule has 97 heavy (non-hydrogen) atoms. The summed E-state index contributed by atoms with van der Waals surface area (Å²) >= 11 is 0. The van der Waals surface area contributed by atoms with Gasteiger partial charge in [0.25, 0.3) is 0 Å². The lowest BCUT2D eigenvalue weighted by atomic mass is 9.73. The molecule has 12 rings (SSSR count). The Hall–Kier alpha value is -10.3. The second-order valence-electron chi connectivity index (χ2n) is 24.3. The van der Waals surface area contributed by atoms with Gasteiger partial charge < -0.3 is 23.7 Å². The zero-order chi connectivity index (χ0) is 69.2. The van der Waals surface area contributed by atoms with Crippen molar-refractivity contribution < 1.29 is 59.6 Å². The maximum Gasteiger partial charge on any atom is 0.411 e. The fraction of sp³-hybridized carbons (Fsp3) is 0.238. The van der Waals surface area contributed by atoms with E-state index >= 15 is 0 Å². The van der Waals surface area contributed by atoms with E-state index < -0.39 is 28.9 Å². The van der Waals surface area contributed by atoms with E-state index in [2.05, 4.69) is 88.4 Å². The van der Waals surface area contributed by atoms with Crippen LogP contribution < -0.4 is 23.7 Å². The van der Waals surface area contributed by atoms with Crippen molar-refractivity contribution in [3.63, 3.8) is 0 Å². The number of ether oxygens (including phenoxy) is 5. The number of hydrogen-bond donors (Lipinski definition) is 0. The third-order valence-corrected chi connectivity index (χ3v) is 16.4. The average Bonchev–Trinajstić information content (AvgIpc) is 0.721. The van der Waals surface area contributed by atoms with E-state index in [4.69, 9.17) is 23.7 Å². The van der Waals surface area contributed by atoms with Crippen LogP contribution >= 0.6 is 0 Å². The van der Waals surface area contributed by atoms with Crippen molar-refractivity contribution in [2.45, 2.75) is 123 Å². The fourth-order valence-corrected chi connectivity index (χ4v) is 10.7. The number of alkyl halides is 6. The molecule has 0 radical (unpaired) electrons. The normalized spacial score (nSPS) is 14.3. The Morgan fingerprint density at radius 1 is 0.330 bits per heavy atom. The highest BCUT2D eigenvalue weighted by molar-refractivity contribution is 5.53. The molecule has 2 aliphatic carbocycles. The highest BCUT2D eigenvalue weighted by Gasteiger charge is 2.72. The molecule has 500 valence electrons. The van der Waals surface area contributed by atoms with Gasteiger partial charge in [-0.1, -0.05) is 180 Å². The molecule has 0 heterocycles. The minimum Gasteiger partial charge on any atom is -0.490 e. The molecule has 0 atom stereocenters. The predicted octanol–water partition coefficient (Wildman–Crippen LogP) is 23.5. The summed E-state index contributed by atoms with van der Waals surface area (Å²) in [5.41, 5.74) is 3.89. The highest BCUT2D eigenvalue weighted by atomic mass is 19.4. The minimum atomic E-state index is -5.69. The monoisotopic (exact) mass is 1310 g/mol. The van der Waals surface area contributed by atoms with Crippen LogP contribution in [0.2, 0.25) is 0 Å². The first kappa shape index (κ1) is 72.5. The molecular weight excluding hydrogens is 1230 g/mol. The van der Waals surface area contributed by atoms with Crippen molar-refractivity contribution in [3.05, 3.63) is 316 Å². The van der Waals surface area contributed by atoms with Gasteiger partial charge in [0.1, 0.15) is 63.6 Å². The van der Waals surface area contributed by atoms with E-state index in [1.54, 1.807) is 48.5 Å². The molecule has 0 bridgehead atoms. The number of para-hydroxylation sites is 1. The van der Waals surface area contributed by atoms with Gasteiger partial charge in [0.2, 0.25) is 5.41 Å². The summed E-state index contributed by atoms with van der Waals surface area (Å²) in [7, 11) is 0. The number of carbonyl (C=O) groups excluding carboxylic acids is 2. The Bertz CT molecular complexity index is 3870. The Morgan fingerprint density at radius 3 is 0.856 bits per heavy atom. The third kappa shape index (κ3) is 22.4. The van der Waals surface area contributed by atoms with Crippen LogP contribution in [-0.2, 0) is 21.4 Å². The van der Waals surface area contributed by atoms with Gasteiger partial charge in [0.15, 0.2) is 0 Å². The molecule has 0 unspecified atom stereocenters. The SMILES string of the molecule is CC1CCC(=C=O)CC1.Cc1ccc(Oc2ccc(C(c3ccc(Oc4ccc(C)cc4)cc3)(C(F)(F)F)C(F)(F)F)cc2)cc1.Cc1ccc(Oc2ccc(Cc3ccc(Oc4ccc(C)cc4)cc3)cc2)cc1.Cc1ccccc1.O=C=C1CCC(Oc2ccccc2)CC1. The van der Waals surface area contributed by atoms with Crippen molar-refractivity contribution in [3.8, 4) is 51.7 Å². The van der Waals surface area contributed by atoms with Crippen LogP contribution in [-0.4, -0.2) is 30.3 Å². The molecule has 0 aliphatic heterocycles. The van der Waals surface area contributed by atoms with E-state index in [-0.39, 0.29) is 17.6 Å². The number of hydrogen-bond acceptors (Lipinski definition) is 7. The van der Waals surface area contributed by atoms with Gasteiger partial charge in [-0.2, -0.15) is 26.3 Å². The van der Waals surface area contributed by atoms with Crippen LogP contribution in [0.5, 0.6) is 51.7 Å². The maximum absolute atomic E-state index is 14.4. The molecule has 10 aromatic rings. The van der Waals surface area contributed by atoms with Gasteiger partial charge >= 0.3 is 12.4 Å². The highest BCUT2D eigenvalue weighted by Crippen LogP contribution is 2.56. The molecule has 2 fully saturated rings. The Kier molecular flexibility index (Phi) is 26.5. The van der Waals surface area contributed by atoms with Crippen molar-refractivity contribution in [2.24, 2.45) is 5.92 Å². The molecule has 7 nitrogen and oxygen atoms in total. The smallest absolute Gasteiger partial charge is 0.411 e. The Labute approximate surface area is 565 Å². The molecule has 0 spiro atoms. The molecule has 2 aliphatic rings. The largest absolute Gasteiger partial charge is 0.490 e. The Balaban J connectivity index is 0.000000175. The summed E-state index contributed by atoms with van der Waals surface area (Å²) in [5.74, 6) is 10.1. The molecule has 0 aromatic heterocycles. The lowest BCUT2D eigenvalue weighted by Gasteiger charge is -2.38. The lowest BCUT2D eigenvalue weighted by molar-refractivity contribution is -0.288. The van der Waals surface area contributed by atoms with Crippen molar-refractivity contribution in [1.29, 1.82) is 0 Å². The van der Waals surface area contributed by atoms with E-state index in [0.29, 0.717) is 11.5 Å². The minimum absolute atomic E-state index is 0.104. The number of halogens is 6. The van der Waals surface area contributed by atoms with Gasteiger partial charge in [0, 0.05) is 11.1 Å². The molecule has 0 N–H and O–H groups in total. The van der Waals surface area contributed by atoms with Gasteiger partial charge in [-0.25, -0.2) is 9.59 Å². The van der Waals surface area contributed by atoms with Crippen LogP contribution in [0.3, 0.4) is 0 Å². The van der Waals surface area contributed by atoms with Gasteiger partial charge in [-0.05, 0) is 230 Å². The van der Waals surface area contributed by atoms with Crippen molar-refractivity contribution in [2.75, 3.05) is 0 Å². The van der Waals surface area contributed by atoms with Crippen LogP contribution in [0.4, 0.5) is 26.3 Å². The first-order valence-corrected chi connectivity index (χ1v) is 32.3. The fourth-order valence-electron chi connectivity index (χ4n) is 10.7. The molecule has 0 amide bonds. The third-order valence-electron chi connectivity index (χ3n) is 16.4. The van der Waals surface area contributed by atoms with E-state index in [1.165, 1.54) is 40.7 Å². The van der Waals surface area contributed by atoms with E-state index in [1.807, 2.05) is 123 Å². The quantitative estimate of drug-likeness (QED) is 0.0793. The topological polar surface area (TPSA) is 80.3 Å². The zero-order valence-electron chi connectivity index (χ0n) is 55.4. The summed E-state index contributed by atoms with van der Waals surface area (Å²) < 4.78 is 115. The standard InChI is InChI=1S/C29H22F6O2.C27H24O2.C13H14O2.C8H12O.C7H8/c1-19-3-11-23(12-4-19)36-25-15-7-21(8-16-25)27(28(30,31)32,29(33,34)35)22-9-17-26(18-10-22)37-24-13-5-20(2)6-14-24;1-20-3-11-24(12-4-20)28-26-15-7-22(8-16-26)19-23-9-17-27(18-10-23)29-25-13-5-21(2)6-14-25;14-10-11-6-8-13(9-7-11)15-12-4-2-1-3-5-12;1-7-2-4-8(6-9)5-3-7;1-7-5-3-2-4-6-7/h3-18H,1-2H3;3-18H,19H2,1-2H3;1-5,13H,6-9H2;7H,2-5H2,1H3;2-6H,1H3. The maximum atomic E-state index is 14.4. The van der Waals surface area contributed by atoms with E-state index in [0.717, 1.165) is 150 Å². The number of rotatable bonds is 14. The second-order valence-corrected chi connectivity index (χ2v) is 24.3.